The first kappa shape index (κ1) is 42.6. The summed E-state index contributed by atoms with van der Waals surface area (Å²) in [7, 11) is -7.17. The summed E-state index contributed by atoms with van der Waals surface area (Å²) in [5, 5.41) is 0.172. The van der Waals surface area contributed by atoms with Crippen molar-refractivity contribution in [2.45, 2.75) is 98.3 Å². The summed E-state index contributed by atoms with van der Waals surface area (Å²) < 4.78 is 54.0. The molecular weight excluding hydrogens is 857 g/mol. The minimum atomic E-state index is -3.60. The molecule has 326 valence electrons. The van der Waals surface area contributed by atoms with Crippen molar-refractivity contribution in [2.24, 2.45) is 0 Å². The van der Waals surface area contributed by atoms with E-state index in [1.165, 1.54) is 11.3 Å². The van der Waals surface area contributed by atoms with E-state index < -0.39 is 19.7 Å². The second-order valence-electron chi connectivity index (χ2n) is 16.9. The number of piperazine rings is 1. The molecule has 5 aromatic heterocycles. The molecule has 4 atom stereocenters. The molecule has 10 rings (SSSR count). The first-order chi connectivity index (χ1) is 30.4. The highest BCUT2D eigenvalue weighted by atomic mass is 32.2. The number of sulfone groups is 2. The van der Waals surface area contributed by atoms with Gasteiger partial charge in [-0.3, -0.25) is 19.0 Å². The number of terminal acetylenes is 1. The van der Waals surface area contributed by atoms with Crippen molar-refractivity contribution in [2.75, 3.05) is 29.5 Å². The van der Waals surface area contributed by atoms with E-state index in [2.05, 4.69) is 36.8 Å². The molecule has 14 nitrogen and oxygen atoms in total. The molecule has 0 N–H and O–H groups in total. The van der Waals surface area contributed by atoms with Crippen molar-refractivity contribution < 1.29 is 26.4 Å². The summed E-state index contributed by atoms with van der Waals surface area (Å²) in [5.74, 6) is 3.29. The van der Waals surface area contributed by atoms with Crippen LogP contribution in [0.15, 0.2) is 101 Å². The number of aryl methyl sites for hydroxylation is 1. The monoisotopic (exact) mass is 904 g/mol. The number of hydrogen-bond donors (Lipinski definition) is 0. The van der Waals surface area contributed by atoms with Crippen LogP contribution in [0.2, 0.25) is 0 Å². The molecule has 9 heterocycles. The molecule has 4 aliphatic heterocycles. The maximum absolute atomic E-state index is 13.1. The van der Waals surface area contributed by atoms with Gasteiger partial charge in [0.05, 0.1) is 32.1 Å². The minimum absolute atomic E-state index is 0.00427. The topological polar surface area (TPSA) is 168 Å². The van der Waals surface area contributed by atoms with E-state index in [0.29, 0.717) is 34.9 Å². The molecule has 4 fully saturated rings. The van der Waals surface area contributed by atoms with Crippen LogP contribution in [0.5, 0.6) is 0 Å². The van der Waals surface area contributed by atoms with Gasteiger partial charge in [0.1, 0.15) is 16.5 Å². The number of imidazole rings is 1. The van der Waals surface area contributed by atoms with Gasteiger partial charge in [-0.1, -0.05) is 24.1 Å². The van der Waals surface area contributed by atoms with Crippen LogP contribution in [0.25, 0.3) is 15.9 Å². The van der Waals surface area contributed by atoms with Gasteiger partial charge in [-0.2, -0.15) is 0 Å². The highest BCUT2D eigenvalue weighted by molar-refractivity contribution is 7.92. The highest BCUT2D eigenvalue weighted by Gasteiger charge is 2.44. The zero-order chi connectivity index (χ0) is 43.9. The van der Waals surface area contributed by atoms with Crippen LogP contribution in [0.4, 0.5) is 5.82 Å². The van der Waals surface area contributed by atoms with Crippen molar-refractivity contribution in [3.05, 3.63) is 108 Å². The Morgan fingerprint density at radius 1 is 0.778 bits per heavy atom. The molecule has 0 radical (unpaired) electrons. The van der Waals surface area contributed by atoms with Gasteiger partial charge in [0.25, 0.3) is 0 Å². The number of nitrogens with zero attached hydrogens (tertiary/aromatic N) is 8. The predicted octanol–water partition coefficient (Wildman–Crippen LogP) is 5.85. The molecule has 0 aliphatic carbocycles. The highest BCUT2D eigenvalue weighted by Crippen LogP contribution is 2.43. The number of likely N-dealkylation sites (tertiary alicyclic amines) is 1. The molecule has 17 heteroatoms. The quantitative estimate of drug-likeness (QED) is 0.151. The number of thiazole rings is 1. The number of carbonyl (C=O) groups is 2. The van der Waals surface area contributed by atoms with Crippen LogP contribution in [0.1, 0.15) is 74.1 Å². The summed E-state index contributed by atoms with van der Waals surface area (Å²) in [4.78, 5) is 49.8. The fourth-order valence-electron chi connectivity index (χ4n) is 9.88. The smallest absolute Gasteiger partial charge is 0.224 e. The largest absolute Gasteiger partial charge is 0.347 e. The fourth-order valence-corrected chi connectivity index (χ4v) is 13.8. The molecule has 4 saturated heterocycles. The molecule has 6 aromatic rings. The fraction of sp³-hybridized carbons (Fsp3) is 0.391. The number of fused-ring (bicyclic) bond motifs is 6. The lowest BCUT2D eigenvalue weighted by molar-refractivity contribution is -0.135. The van der Waals surface area contributed by atoms with E-state index in [1.54, 1.807) is 64.9 Å². The third kappa shape index (κ3) is 8.68. The summed E-state index contributed by atoms with van der Waals surface area (Å²) in [5.41, 5.74) is 5.80. The lowest BCUT2D eigenvalue weighted by Gasteiger charge is -2.41. The van der Waals surface area contributed by atoms with Gasteiger partial charge in [-0.15, -0.1) is 17.8 Å². The number of anilines is 1. The number of pyridine rings is 3. The van der Waals surface area contributed by atoms with Crippen LogP contribution >= 0.6 is 11.3 Å². The van der Waals surface area contributed by atoms with Crippen molar-refractivity contribution in [1.82, 2.24) is 34.1 Å². The van der Waals surface area contributed by atoms with Crippen molar-refractivity contribution >= 4 is 64.5 Å². The van der Waals surface area contributed by atoms with Gasteiger partial charge < -0.3 is 14.7 Å². The van der Waals surface area contributed by atoms with Gasteiger partial charge in [-0.25, -0.2) is 31.8 Å². The Kier molecular flexibility index (Phi) is 11.8. The Morgan fingerprint density at radius 3 is 2.19 bits per heavy atom. The zero-order valence-electron chi connectivity index (χ0n) is 34.9. The normalized spacial score (nSPS) is 21.9. The number of aromatic nitrogens is 5. The van der Waals surface area contributed by atoms with Crippen molar-refractivity contribution in [3.8, 4) is 12.3 Å². The number of benzene rings is 1. The molecule has 63 heavy (non-hydrogen) atoms. The standard InChI is InChI=1S/C24H23N3O3S2.C22H25N5O3S/c1-2-16-6-9-20(25-14-16)17-12-18-7-8-19(13-17)27(18)23(28)10-11-32(29,30)22-5-3-4-21-24(22)31-15-26-21;1-16-5-8-20(24-13-16)27-17-6-7-18(27)15-25(14-17)21(28)9-12-31(29,30)22-4-2-3-19-23-10-11-26(19)22/h1,3-6,9,14-15,17-19H,7-8,10-13H2;2-5,8,10-11,13,17-18H,6-7,9,12,14-15H2,1H3. The minimum Gasteiger partial charge on any atom is -0.347 e. The van der Waals surface area contributed by atoms with Crippen LogP contribution in [-0.4, -0.2) is 112 Å². The van der Waals surface area contributed by atoms with E-state index in [9.17, 15) is 26.4 Å². The summed E-state index contributed by atoms with van der Waals surface area (Å²) in [6.07, 6.45) is 17.9. The van der Waals surface area contributed by atoms with Gasteiger partial charge in [-0.05, 0) is 93.5 Å². The van der Waals surface area contributed by atoms with E-state index in [4.69, 9.17) is 6.42 Å². The van der Waals surface area contributed by atoms with Gasteiger partial charge in [0.15, 0.2) is 19.7 Å². The Morgan fingerprint density at radius 2 is 1.49 bits per heavy atom. The first-order valence-corrected chi connectivity index (χ1v) is 25.5. The SMILES string of the molecule is C#Cc1ccc(C2CC3CCC(C2)N3C(=O)CCS(=O)(=O)c2cccc3ncsc23)nc1.Cc1ccc(N2C3CCC2CN(C(=O)CCS(=O)(=O)c2cccc4nccn24)C3)nc1. The lowest BCUT2D eigenvalue weighted by atomic mass is 9.87. The first-order valence-electron chi connectivity index (χ1n) is 21.3. The zero-order valence-corrected chi connectivity index (χ0v) is 37.3. The Balaban J connectivity index is 0.000000160. The van der Waals surface area contributed by atoms with Crippen molar-refractivity contribution in [1.29, 1.82) is 0 Å². The Hall–Kier alpha value is -5.70. The molecule has 2 amide bonds. The van der Waals surface area contributed by atoms with Gasteiger partial charge in [0, 0.05) is 92.1 Å². The third-order valence-electron chi connectivity index (χ3n) is 12.9. The Bertz CT molecular complexity index is 2900. The van der Waals surface area contributed by atoms with E-state index in [-0.39, 0.29) is 70.3 Å². The number of rotatable bonds is 10. The average Bonchev–Trinajstić information content (AvgIpc) is 4.09. The molecule has 0 spiro atoms. The molecule has 4 unspecified atom stereocenters. The van der Waals surface area contributed by atoms with Gasteiger partial charge >= 0.3 is 0 Å². The number of carbonyl (C=O) groups excluding carboxylic acids is 2. The molecule has 4 bridgehead atoms. The molecule has 4 aliphatic rings. The maximum Gasteiger partial charge on any atom is 0.224 e. The maximum atomic E-state index is 13.1. The summed E-state index contributed by atoms with van der Waals surface area (Å²) in [6.45, 7) is 3.24. The van der Waals surface area contributed by atoms with E-state index in [0.717, 1.165) is 61.2 Å². The van der Waals surface area contributed by atoms with E-state index in [1.807, 2.05) is 41.1 Å². The van der Waals surface area contributed by atoms with Crippen LogP contribution < -0.4 is 4.90 Å². The number of amides is 2. The Labute approximate surface area is 371 Å². The van der Waals surface area contributed by atoms with Crippen LogP contribution in [0, 0.1) is 19.3 Å². The predicted molar refractivity (Wildman–Crippen MR) is 241 cm³/mol. The second kappa shape index (κ2) is 17.5. The number of piperidine rings is 1. The second-order valence-corrected chi connectivity index (χ2v) is 21.9. The van der Waals surface area contributed by atoms with Crippen LogP contribution in [0.3, 0.4) is 0 Å². The van der Waals surface area contributed by atoms with Gasteiger partial charge in [0.2, 0.25) is 11.8 Å². The summed E-state index contributed by atoms with van der Waals surface area (Å²) >= 11 is 1.31. The lowest BCUT2D eigenvalue weighted by Crippen LogP contribution is -2.55. The third-order valence-corrected chi connectivity index (χ3v) is 17.4. The van der Waals surface area contributed by atoms with E-state index >= 15 is 0 Å². The average molecular weight is 905 g/mol. The summed E-state index contributed by atoms with van der Waals surface area (Å²) in [6, 6.07) is 18.8. The molecule has 0 saturated carbocycles. The molecule has 1 aromatic carbocycles. The van der Waals surface area contributed by atoms with Crippen LogP contribution in [-0.2, 0) is 29.3 Å². The molecular formula is C46H48N8O6S3. The van der Waals surface area contributed by atoms with Crippen molar-refractivity contribution in [3.63, 3.8) is 0 Å². The number of hydrogen-bond acceptors (Lipinski definition) is 12.